The predicted molar refractivity (Wildman–Crippen MR) is 88.7 cm³/mol. The average molecular weight is 297 g/mol. The third-order valence-corrected chi connectivity index (χ3v) is 4.42. The summed E-state index contributed by atoms with van der Waals surface area (Å²) in [6, 6.07) is 10.5. The largest absolute Gasteiger partial charge is 0.358 e. The van der Waals surface area contributed by atoms with Crippen LogP contribution in [0.3, 0.4) is 0 Å². The zero-order valence-corrected chi connectivity index (χ0v) is 13.1. The van der Waals surface area contributed by atoms with Gasteiger partial charge in [-0.15, -0.1) is 0 Å². The summed E-state index contributed by atoms with van der Waals surface area (Å²) in [5, 5.41) is 3.91. The first kappa shape index (κ1) is 15.0. The van der Waals surface area contributed by atoms with E-state index in [1.807, 2.05) is 18.3 Å². The van der Waals surface area contributed by atoms with Crippen LogP contribution in [0.5, 0.6) is 0 Å². The van der Waals surface area contributed by atoms with Gasteiger partial charge in [0, 0.05) is 25.2 Å². The molecule has 0 bridgehead atoms. The predicted octanol–water partition coefficient (Wildman–Crippen LogP) is 2.24. The summed E-state index contributed by atoms with van der Waals surface area (Å²) in [4.78, 5) is 18.3. The minimum atomic E-state index is 0.105. The van der Waals surface area contributed by atoms with Crippen LogP contribution >= 0.6 is 0 Å². The van der Waals surface area contributed by atoms with E-state index in [-0.39, 0.29) is 5.91 Å². The van der Waals surface area contributed by atoms with Crippen molar-refractivity contribution in [1.82, 2.24) is 15.2 Å². The lowest BCUT2D eigenvalue weighted by Gasteiger charge is -2.32. The van der Waals surface area contributed by atoms with Gasteiger partial charge >= 0.3 is 0 Å². The quantitative estimate of drug-likeness (QED) is 0.941. The maximum atomic E-state index is 11.5. The van der Waals surface area contributed by atoms with Crippen LogP contribution in [0.15, 0.2) is 36.5 Å². The number of benzene rings is 1. The topological polar surface area (TPSA) is 45.2 Å². The van der Waals surface area contributed by atoms with Crippen molar-refractivity contribution in [2.24, 2.45) is 5.92 Å². The molecular formula is C18H23N3O. The summed E-state index contributed by atoms with van der Waals surface area (Å²) in [7, 11) is 1.70. The molecule has 1 atom stereocenters. The van der Waals surface area contributed by atoms with Crippen LogP contribution in [0.2, 0.25) is 0 Å². The number of nitrogens with one attached hydrogen (secondary N) is 1. The fourth-order valence-electron chi connectivity index (χ4n) is 3.31. The van der Waals surface area contributed by atoms with E-state index in [9.17, 15) is 4.79 Å². The molecule has 0 radical (unpaired) electrons. The van der Waals surface area contributed by atoms with Gasteiger partial charge in [0.15, 0.2) is 0 Å². The Labute approximate surface area is 131 Å². The minimum absolute atomic E-state index is 0.105. The maximum Gasteiger partial charge on any atom is 0.233 e. The summed E-state index contributed by atoms with van der Waals surface area (Å²) in [5.41, 5.74) is 2.35. The first-order chi connectivity index (χ1) is 10.7. The molecular weight excluding hydrogens is 274 g/mol. The van der Waals surface area contributed by atoms with Crippen molar-refractivity contribution in [2.45, 2.75) is 19.3 Å². The molecule has 0 aliphatic carbocycles. The third-order valence-electron chi connectivity index (χ3n) is 4.42. The molecule has 0 spiro atoms. The molecule has 2 heterocycles. The molecule has 1 N–H and O–H groups in total. The minimum Gasteiger partial charge on any atom is -0.358 e. The molecule has 22 heavy (non-hydrogen) atoms. The Morgan fingerprint density at radius 3 is 3.14 bits per heavy atom. The van der Waals surface area contributed by atoms with E-state index in [0.717, 1.165) is 25.0 Å². The number of fused-ring (bicyclic) bond motifs is 1. The van der Waals surface area contributed by atoms with Crippen molar-refractivity contribution >= 4 is 16.8 Å². The van der Waals surface area contributed by atoms with Crippen molar-refractivity contribution in [2.75, 3.05) is 26.7 Å². The van der Waals surface area contributed by atoms with Crippen LogP contribution in [0.25, 0.3) is 10.9 Å². The molecule has 2 aromatic rings. The van der Waals surface area contributed by atoms with Gasteiger partial charge in [0.1, 0.15) is 0 Å². The van der Waals surface area contributed by atoms with Gasteiger partial charge < -0.3 is 5.32 Å². The van der Waals surface area contributed by atoms with Crippen LogP contribution in [0.4, 0.5) is 0 Å². The summed E-state index contributed by atoms with van der Waals surface area (Å²) < 4.78 is 0. The Hall–Kier alpha value is -1.94. The summed E-state index contributed by atoms with van der Waals surface area (Å²) in [5.74, 6) is 0.717. The number of pyridine rings is 1. The van der Waals surface area contributed by atoms with Crippen molar-refractivity contribution in [3.05, 3.63) is 42.1 Å². The number of nitrogens with zero attached hydrogens (tertiary/aromatic N) is 2. The number of carbonyl (C=O) groups is 1. The third kappa shape index (κ3) is 3.63. The molecule has 4 heteroatoms. The van der Waals surface area contributed by atoms with Gasteiger partial charge in [-0.25, -0.2) is 0 Å². The lowest BCUT2D eigenvalue weighted by atomic mass is 9.91. The molecule has 3 rings (SSSR count). The van der Waals surface area contributed by atoms with Crippen LogP contribution in [-0.2, 0) is 11.2 Å². The fraction of sp³-hybridized carbons (Fsp3) is 0.444. The number of piperidine rings is 1. The van der Waals surface area contributed by atoms with Crippen LogP contribution in [0, 0.1) is 5.92 Å². The molecule has 116 valence electrons. The normalized spacial score (nSPS) is 19.2. The Bertz CT molecular complexity index is 656. The van der Waals surface area contributed by atoms with E-state index in [0.29, 0.717) is 12.5 Å². The molecule has 1 saturated heterocycles. The zero-order valence-electron chi connectivity index (χ0n) is 13.1. The van der Waals surface area contributed by atoms with Gasteiger partial charge in [0.25, 0.3) is 0 Å². The van der Waals surface area contributed by atoms with E-state index in [1.54, 1.807) is 7.05 Å². The average Bonchev–Trinajstić information content (AvgIpc) is 2.55. The molecule has 1 fully saturated rings. The maximum absolute atomic E-state index is 11.5. The molecule has 4 nitrogen and oxygen atoms in total. The second-order valence-electron chi connectivity index (χ2n) is 6.16. The van der Waals surface area contributed by atoms with Gasteiger partial charge in [0.2, 0.25) is 5.91 Å². The summed E-state index contributed by atoms with van der Waals surface area (Å²) in [6.07, 6.45) is 5.45. The number of hydrogen-bond acceptors (Lipinski definition) is 3. The number of likely N-dealkylation sites (N-methyl/N-ethyl adjacent to an activating group) is 1. The molecule has 1 aromatic heterocycles. The number of carbonyl (C=O) groups excluding carboxylic acids is 1. The molecule has 1 amide bonds. The van der Waals surface area contributed by atoms with E-state index in [2.05, 4.69) is 33.4 Å². The van der Waals surface area contributed by atoms with Gasteiger partial charge in [-0.2, -0.15) is 0 Å². The lowest BCUT2D eigenvalue weighted by Crippen LogP contribution is -2.42. The van der Waals surface area contributed by atoms with Gasteiger partial charge in [-0.3, -0.25) is 14.7 Å². The first-order valence-corrected chi connectivity index (χ1v) is 8.01. The molecule has 0 saturated carbocycles. The Morgan fingerprint density at radius 1 is 1.41 bits per heavy atom. The first-order valence-electron chi connectivity index (χ1n) is 8.01. The second kappa shape index (κ2) is 6.88. The monoisotopic (exact) mass is 297 g/mol. The summed E-state index contributed by atoms with van der Waals surface area (Å²) in [6.45, 7) is 2.54. The van der Waals surface area contributed by atoms with E-state index in [4.69, 9.17) is 0 Å². The highest BCUT2D eigenvalue weighted by Gasteiger charge is 2.21. The Morgan fingerprint density at radius 2 is 2.27 bits per heavy atom. The lowest BCUT2D eigenvalue weighted by molar-refractivity contribution is -0.122. The Kier molecular flexibility index (Phi) is 4.68. The number of amides is 1. The standard InChI is InChI=1S/C18H23N3O/c1-19-18(22)13-21-8-4-5-14(12-21)9-15-10-16-6-2-3-7-17(16)20-11-15/h2-3,6-7,10-11,14H,4-5,8-9,12-13H2,1H3,(H,19,22)/t14-/m0/s1. The molecule has 1 aliphatic heterocycles. The van der Waals surface area contributed by atoms with Gasteiger partial charge in [0.05, 0.1) is 12.1 Å². The van der Waals surface area contributed by atoms with Crippen LogP contribution in [0.1, 0.15) is 18.4 Å². The number of para-hydroxylation sites is 1. The number of hydrogen-bond donors (Lipinski definition) is 1. The van der Waals surface area contributed by atoms with Crippen molar-refractivity contribution in [1.29, 1.82) is 0 Å². The highest BCUT2D eigenvalue weighted by atomic mass is 16.1. The molecule has 1 aliphatic rings. The Balaban J connectivity index is 1.64. The highest BCUT2D eigenvalue weighted by molar-refractivity contribution is 5.78. The van der Waals surface area contributed by atoms with Crippen LogP contribution < -0.4 is 5.32 Å². The number of rotatable bonds is 4. The zero-order chi connectivity index (χ0) is 15.4. The van der Waals surface area contributed by atoms with Gasteiger partial charge in [-0.1, -0.05) is 18.2 Å². The second-order valence-corrected chi connectivity index (χ2v) is 6.16. The van der Waals surface area contributed by atoms with Crippen molar-refractivity contribution < 1.29 is 4.79 Å². The number of likely N-dealkylation sites (tertiary alicyclic amines) is 1. The smallest absolute Gasteiger partial charge is 0.233 e. The van der Waals surface area contributed by atoms with Crippen molar-refractivity contribution in [3.63, 3.8) is 0 Å². The molecule has 0 unspecified atom stereocenters. The van der Waals surface area contributed by atoms with E-state index >= 15 is 0 Å². The SMILES string of the molecule is CNC(=O)CN1CCC[C@@H](Cc2cnc3ccccc3c2)C1. The van der Waals surface area contributed by atoms with Crippen LogP contribution in [-0.4, -0.2) is 42.5 Å². The van der Waals surface area contributed by atoms with E-state index < -0.39 is 0 Å². The fourth-order valence-corrected chi connectivity index (χ4v) is 3.31. The molecule has 1 aromatic carbocycles. The summed E-state index contributed by atoms with van der Waals surface area (Å²) >= 11 is 0. The van der Waals surface area contributed by atoms with E-state index in [1.165, 1.54) is 23.8 Å². The van der Waals surface area contributed by atoms with Crippen molar-refractivity contribution in [3.8, 4) is 0 Å². The number of aromatic nitrogens is 1. The highest BCUT2D eigenvalue weighted by Crippen LogP contribution is 2.22. The van der Waals surface area contributed by atoms with Gasteiger partial charge in [-0.05, 0) is 49.4 Å².